The normalized spacial score (nSPS) is 10.9. The van der Waals surface area contributed by atoms with Crippen molar-refractivity contribution in [2.24, 2.45) is 0 Å². The number of methoxy groups -OCH3 is 1. The zero-order chi connectivity index (χ0) is 20.4. The van der Waals surface area contributed by atoms with Gasteiger partial charge in [0.15, 0.2) is 5.13 Å². The Balaban J connectivity index is 0.00000300. The van der Waals surface area contributed by atoms with Crippen LogP contribution < -0.4 is 9.64 Å². The zero-order valence-corrected chi connectivity index (χ0v) is 19.4. The van der Waals surface area contributed by atoms with Crippen molar-refractivity contribution >= 4 is 45.0 Å². The number of halogens is 1. The van der Waals surface area contributed by atoms with Gasteiger partial charge in [-0.1, -0.05) is 35.1 Å². The van der Waals surface area contributed by atoms with E-state index in [9.17, 15) is 4.79 Å². The fraction of sp³-hybridized carbons (Fsp3) is 0.364. The quantitative estimate of drug-likeness (QED) is 0.556. The first kappa shape index (κ1) is 23.1. The van der Waals surface area contributed by atoms with E-state index in [1.165, 1.54) is 0 Å². The molecule has 1 aromatic heterocycles. The smallest absolute Gasteiger partial charge is 0.260 e. The van der Waals surface area contributed by atoms with Gasteiger partial charge in [0.05, 0.1) is 11.8 Å². The van der Waals surface area contributed by atoms with Gasteiger partial charge in [-0.25, -0.2) is 4.98 Å². The average molecular weight is 434 g/mol. The maximum atomic E-state index is 13.4. The number of carbonyl (C=O) groups is 1. The number of hydrogen-bond acceptors (Lipinski definition) is 5. The first-order valence-electron chi connectivity index (χ1n) is 9.29. The SMILES string of the molecule is COc1ccc(C)c2sc(N(CCN(C)C)C(=O)c3ccc(C)cc3C)nc12.Cl. The van der Waals surface area contributed by atoms with Crippen LogP contribution in [0.3, 0.4) is 0 Å². The van der Waals surface area contributed by atoms with E-state index in [2.05, 4.69) is 11.8 Å². The molecular formula is C22H28ClN3O2S. The number of likely N-dealkylation sites (N-methyl/N-ethyl adjacent to an activating group) is 1. The third-order valence-electron chi connectivity index (χ3n) is 4.77. The molecule has 156 valence electrons. The summed E-state index contributed by atoms with van der Waals surface area (Å²) in [5.74, 6) is 0.713. The second-order valence-corrected chi connectivity index (χ2v) is 8.31. The zero-order valence-electron chi connectivity index (χ0n) is 17.8. The molecule has 0 radical (unpaired) electrons. The molecule has 29 heavy (non-hydrogen) atoms. The summed E-state index contributed by atoms with van der Waals surface area (Å²) in [6.07, 6.45) is 0. The van der Waals surface area contributed by atoms with Crippen LogP contribution in [0.1, 0.15) is 27.0 Å². The van der Waals surface area contributed by atoms with E-state index in [4.69, 9.17) is 9.72 Å². The molecule has 0 saturated heterocycles. The van der Waals surface area contributed by atoms with Gasteiger partial charge in [0, 0.05) is 18.7 Å². The molecule has 1 heterocycles. The van der Waals surface area contributed by atoms with Crippen molar-refractivity contribution in [1.82, 2.24) is 9.88 Å². The number of anilines is 1. The van der Waals surface area contributed by atoms with E-state index in [0.717, 1.165) is 39.2 Å². The van der Waals surface area contributed by atoms with Crippen molar-refractivity contribution in [2.45, 2.75) is 20.8 Å². The molecule has 0 aliphatic carbocycles. The molecule has 3 aromatic rings. The van der Waals surface area contributed by atoms with Gasteiger partial charge in [0.1, 0.15) is 11.3 Å². The van der Waals surface area contributed by atoms with Crippen LogP contribution in [-0.4, -0.2) is 50.1 Å². The van der Waals surface area contributed by atoms with Crippen LogP contribution in [-0.2, 0) is 0 Å². The second-order valence-electron chi connectivity index (χ2n) is 7.34. The largest absolute Gasteiger partial charge is 0.494 e. The number of nitrogens with zero attached hydrogens (tertiary/aromatic N) is 3. The van der Waals surface area contributed by atoms with Crippen LogP contribution in [0.25, 0.3) is 10.2 Å². The lowest BCUT2D eigenvalue weighted by atomic mass is 10.0. The van der Waals surface area contributed by atoms with Gasteiger partial charge < -0.3 is 9.64 Å². The van der Waals surface area contributed by atoms with Crippen LogP contribution in [0.5, 0.6) is 5.75 Å². The molecule has 7 heteroatoms. The maximum absolute atomic E-state index is 13.4. The number of hydrogen-bond donors (Lipinski definition) is 0. The van der Waals surface area contributed by atoms with E-state index in [1.54, 1.807) is 23.3 Å². The number of ether oxygens (including phenoxy) is 1. The highest BCUT2D eigenvalue weighted by molar-refractivity contribution is 7.22. The molecule has 5 nitrogen and oxygen atoms in total. The molecule has 0 aliphatic heterocycles. The highest BCUT2D eigenvalue weighted by Crippen LogP contribution is 2.37. The highest BCUT2D eigenvalue weighted by Gasteiger charge is 2.24. The van der Waals surface area contributed by atoms with Crippen molar-refractivity contribution in [2.75, 3.05) is 39.2 Å². The number of amides is 1. The number of benzene rings is 2. The highest BCUT2D eigenvalue weighted by atomic mass is 35.5. The Morgan fingerprint density at radius 2 is 1.79 bits per heavy atom. The fourth-order valence-electron chi connectivity index (χ4n) is 3.16. The molecule has 0 saturated carbocycles. The minimum atomic E-state index is -0.0185. The lowest BCUT2D eigenvalue weighted by Gasteiger charge is -2.23. The number of thiazole rings is 1. The summed E-state index contributed by atoms with van der Waals surface area (Å²) in [5.41, 5.74) is 4.79. The Labute approximate surface area is 182 Å². The van der Waals surface area contributed by atoms with E-state index in [1.807, 2.05) is 58.3 Å². The Morgan fingerprint density at radius 3 is 2.41 bits per heavy atom. The van der Waals surface area contributed by atoms with Crippen molar-refractivity contribution in [1.29, 1.82) is 0 Å². The minimum absolute atomic E-state index is 0. The summed E-state index contributed by atoms with van der Waals surface area (Å²) in [4.78, 5) is 22.1. The van der Waals surface area contributed by atoms with E-state index in [-0.39, 0.29) is 18.3 Å². The topological polar surface area (TPSA) is 45.7 Å². The molecular weight excluding hydrogens is 406 g/mol. The number of carbonyl (C=O) groups excluding carboxylic acids is 1. The van der Waals surface area contributed by atoms with Crippen LogP contribution in [0.15, 0.2) is 30.3 Å². The molecule has 2 aromatic carbocycles. The molecule has 0 atom stereocenters. The van der Waals surface area contributed by atoms with E-state index in [0.29, 0.717) is 17.2 Å². The van der Waals surface area contributed by atoms with Gasteiger partial charge in [0.2, 0.25) is 0 Å². The van der Waals surface area contributed by atoms with Gasteiger partial charge in [-0.2, -0.15) is 0 Å². The Hall–Kier alpha value is -2.15. The lowest BCUT2D eigenvalue weighted by Crippen LogP contribution is -2.37. The lowest BCUT2D eigenvalue weighted by molar-refractivity contribution is 0.0984. The molecule has 1 amide bonds. The Bertz CT molecular complexity index is 1020. The fourth-order valence-corrected chi connectivity index (χ4v) is 4.24. The third kappa shape index (κ3) is 4.89. The summed E-state index contributed by atoms with van der Waals surface area (Å²) < 4.78 is 6.54. The molecule has 0 fully saturated rings. The number of fused-ring (bicyclic) bond motifs is 1. The summed E-state index contributed by atoms with van der Waals surface area (Å²) in [6.45, 7) is 7.40. The maximum Gasteiger partial charge on any atom is 0.260 e. The van der Waals surface area contributed by atoms with Crippen LogP contribution in [0.2, 0.25) is 0 Å². The molecule has 0 N–H and O–H groups in total. The second kappa shape index (κ2) is 9.57. The molecule has 0 bridgehead atoms. The number of rotatable bonds is 6. The summed E-state index contributed by atoms with van der Waals surface area (Å²) in [7, 11) is 5.66. The summed E-state index contributed by atoms with van der Waals surface area (Å²) in [5, 5.41) is 0.703. The van der Waals surface area contributed by atoms with Gasteiger partial charge in [-0.05, 0) is 58.1 Å². The predicted molar refractivity (Wildman–Crippen MR) is 124 cm³/mol. The molecule has 0 spiro atoms. The summed E-state index contributed by atoms with van der Waals surface area (Å²) >= 11 is 1.54. The average Bonchev–Trinajstić information content (AvgIpc) is 3.08. The van der Waals surface area contributed by atoms with E-state index >= 15 is 0 Å². The minimum Gasteiger partial charge on any atom is -0.494 e. The van der Waals surface area contributed by atoms with Crippen molar-refractivity contribution in [3.63, 3.8) is 0 Å². The van der Waals surface area contributed by atoms with Crippen LogP contribution in [0, 0.1) is 20.8 Å². The first-order valence-corrected chi connectivity index (χ1v) is 10.1. The van der Waals surface area contributed by atoms with Crippen molar-refractivity contribution < 1.29 is 9.53 Å². The van der Waals surface area contributed by atoms with Crippen molar-refractivity contribution in [3.05, 3.63) is 52.6 Å². The van der Waals surface area contributed by atoms with E-state index < -0.39 is 0 Å². The molecule has 0 aliphatic rings. The van der Waals surface area contributed by atoms with Gasteiger partial charge >= 0.3 is 0 Å². The van der Waals surface area contributed by atoms with Crippen LogP contribution in [0.4, 0.5) is 5.13 Å². The molecule has 0 unspecified atom stereocenters. The number of aromatic nitrogens is 1. The Kier molecular flexibility index (Phi) is 7.63. The van der Waals surface area contributed by atoms with Gasteiger partial charge in [-0.3, -0.25) is 9.69 Å². The Morgan fingerprint density at radius 1 is 1.07 bits per heavy atom. The predicted octanol–water partition coefficient (Wildman–Crippen LogP) is 4.86. The summed E-state index contributed by atoms with van der Waals surface area (Å²) in [6, 6.07) is 9.89. The number of aryl methyl sites for hydroxylation is 3. The molecule has 3 rings (SSSR count). The van der Waals surface area contributed by atoms with Gasteiger partial charge in [-0.15, -0.1) is 12.4 Å². The third-order valence-corrected chi connectivity index (χ3v) is 5.98. The van der Waals surface area contributed by atoms with Crippen LogP contribution >= 0.6 is 23.7 Å². The monoisotopic (exact) mass is 433 g/mol. The standard InChI is InChI=1S/C22H27N3O2S.ClH/c1-14-7-9-17(16(3)13-14)21(26)25(12-11-24(4)5)22-23-19-18(27-6)10-8-15(2)20(19)28-22;/h7-10,13H,11-12H2,1-6H3;1H. The van der Waals surface area contributed by atoms with Crippen molar-refractivity contribution in [3.8, 4) is 5.75 Å². The van der Waals surface area contributed by atoms with Gasteiger partial charge in [0.25, 0.3) is 5.91 Å². The first-order chi connectivity index (χ1) is 13.3.